The lowest BCUT2D eigenvalue weighted by atomic mass is 9.97. The van der Waals surface area contributed by atoms with E-state index in [1.54, 1.807) is 0 Å². The van der Waals surface area contributed by atoms with E-state index in [0.717, 1.165) is 6.42 Å². The molecule has 0 amide bonds. The van der Waals surface area contributed by atoms with Crippen LogP contribution in [-0.2, 0) is 0 Å². The molecule has 1 aromatic carbocycles. The van der Waals surface area contributed by atoms with E-state index in [1.165, 1.54) is 62.0 Å². The summed E-state index contributed by atoms with van der Waals surface area (Å²) in [6.07, 6.45) is 7.54. The standard InChI is InChI=1S/C17H28N2/c1-3-4-8-16(18)15-10-9-14(2)13-17(15)19-11-6-5-7-12-19/h9-10,13,16H,3-8,11-12,18H2,1-2H3. The zero-order valence-electron chi connectivity index (χ0n) is 12.5. The third kappa shape index (κ3) is 3.73. The minimum Gasteiger partial charge on any atom is -0.371 e. The second-order valence-electron chi connectivity index (χ2n) is 5.86. The molecule has 1 heterocycles. The molecule has 1 saturated heterocycles. The molecule has 0 aromatic heterocycles. The van der Waals surface area contributed by atoms with Gasteiger partial charge in [-0.3, -0.25) is 0 Å². The molecule has 1 unspecified atom stereocenters. The normalized spacial score (nSPS) is 17.5. The highest BCUT2D eigenvalue weighted by Gasteiger charge is 2.17. The average molecular weight is 260 g/mol. The number of unbranched alkanes of at least 4 members (excludes halogenated alkanes) is 1. The fourth-order valence-electron chi connectivity index (χ4n) is 2.96. The van der Waals surface area contributed by atoms with E-state index < -0.39 is 0 Å². The van der Waals surface area contributed by atoms with Crippen LogP contribution in [0.5, 0.6) is 0 Å². The number of rotatable bonds is 5. The Kier molecular flexibility index (Phi) is 5.26. The van der Waals surface area contributed by atoms with E-state index in [0.29, 0.717) is 0 Å². The predicted molar refractivity (Wildman–Crippen MR) is 83.7 cm³/mol. The molecule has 1 aromatic rings. The Bertz CT molecular complexity index is 394. The molecule has 1 aliphatic rings. The van der Waals surface area contributed by atoms with Crippen molar-refractivity contribution in [2.45, 2.75) is 58.4 Å². The van der Waals surface area contributed by atoms with Gasteiger partial charge >= 0.3 is 0 Å². The van der Waals surface area contributed by atoms with Crippen LogP contribution in [0.3, 0.4) is 0 Å². The Hall–Kier alpha value is -1.02. The van der Waals surface area contributed by atoms with Crippen LogP contribution in [0.4, 0.5) is 5.69 Å². The van der Waals surface area contributed by atoms with Crippen LogP contribution in [0, 0.1) is 6.92 Å². The Morgan fingerprint density at radius 3 is 2.63 bits per heavy atom. The molecule has 1 atom stereocenters. The summed E-state index contributed by atoms with van der Waals surface area (Å²) in [5.74, 6) is 0. The Labute approximate surface area is 118 Å². The molecular formula is C17H28N2. The van der Waals surface area contributed by atoms with Crippen molar-refractivity contribution in [2.24, 2.45) is 5.73 Å². The quantitative estimate of drug-likeness (QED) is 0.860. The highest BCUT2D eigenvalue weighted by atomic mass is 15.1. The first-order valence-electron chi connectivity index (χ1n) is 7.83. The van der Waals surface area contributed by atoms with Crippen molar-refractivity contribution < 1.29 is 0 Å². The molecular weight excluding hydrogens is 232 g/mol. The molecule has 0 saturated carbocycles. The first-order chi connectivity index (χ1) is 9.22. The summed E-state index contributed by atoms with van der Waals surface area (Å²) in [6.45, 7) is 6.79. The van der Waals surface area contributed by atoms with Gasteiger partial charge in [0.1, 0.15) is 0 Å². The van der Waals surface area contributed by atoms with Crippen molar-refractivity contribution in [1.82, 2.24) is 0 Å². The van der Waals surface area contributed by atoms with Gasteiger partial charge in [-0.05, 0) is 49.8 Å². The summed E-state index contributed by atoms with van der Waals surface area (Å²) in [6, 6.07) is 6.97. The monoisotopic (exact) mass is 260 g/mol. The van der Waals surface area contributed by atoms with Crippen LogP contribution in [-0.4, -0.2) is 13.1 Å². The molecule has 0 aliphatic carbocycles. The zero-order valence-corrected chi connectivity index (χ0v) is 12.5. The average Bonchev–Trinajstić information content (AvgIpc) is 2.45. The van der Waals surface area contributed by atoms with Crippen molar-refractivity contribution in [1.29, 1.82) is 0 Å². The van der Waals surface area contributed by atoms with E-state index in [2.05, 4.69) is 36.9 Å². The molecule has 2 N–H and O–H groups in total. The van der Waals surface area contributed by atoms with Gasteiger partial charge in [-0.25, -0.2) is 0 Å². The highest BCUT2D eigenvalue weighted by Crippen LogP contribution is 2.31. The number of aryl methyl sites for hydroxylation is 1. The molecule has 0 radical (unpaired) electrons. The lowest BCUT2D eigenvalue weighted by Gasteiger charge is -2.32. The van der Waals surface area contributed by atoms with Gasteiger partial charge in [0.05, 0.1) is 0 Å². The highest BCUT2D eigenvalue weighted by molar-refractivity contribution is 5.57. The summed E-state index contributed by atoms with van der Waals surface area (Å²) in [5, 5.41) is 0. The van der Waals surface area contributed by atoms with Gasteiger partial charge in [-0.1, -0.05) is 31.9 Å². The molecule has 2 nitrogen and oxygen atoms in total. The molecule has 1 fully saturated rings. The Morgan fingerprint density at radius 1 is 1.21 bits per heavy atom. The second kappa shape index (κ2) is 6.95. The van der Waals surface area contributed by atoms with Crippen LogP contribution in [0.2, 0.25) is 0 Å². The number of hydrogen-bond acceptors (Lipinski definition) is 2. The van der Waals surface area contributed by atoms with Gasteiger partial charge in [0, 0.05) is 24.8 Å². The first kappa shape index (κ1) is 14.4. The fraction of sp³-hybridized carbons (Fsp3) is 0.647. The molecule has 19 heavy (non-hydrogen) atoms. The van der Waals surface area contributed by atoms with Crippen LogP contribution >= 0.6 is 0 Å². The summed E-state index contributed by atoms with van der Waals surface area (Å²) in [5.41, 5.74) is 10.5. The topological polar surface area (TPSA) is 29.3 Å². The maximum atomic E-state index is 6.41. The molecule has 1 aliphatic heterocycles. The van der Waals surface area contributed by atoms with Crippen molar-refractivity contribution in [3.63, 3.8) is 0 Å². The van der Waals surface area contributed by atoms with E-state index >= 15 is 0 Å². The van der Waals surface area contributed by atoms with Gasteiger partial charge < -0.3 is 10.6 Å². The SMILES string of the molecule is CCCCC(N)c1ccc(C)cc1N1CCCCC1. The predicted octanol–water partition coefficient (Wildman–Crippen LogP) is 4.18. The smallest absolute Gasteiger partial charge is 0.0417 e. The molecule has 2 heteroatoms. The molecule has 0 spiro atoms. The summed E-state index contributed by atoms with van der Waals surface area (Å²) in [4.78, 5) is 2.54. The maximum Gasteiger partial charge on any atom is 0.0417 e. The van der Waals surface area contributed by atoms with Crippen LogP contribution < -0.4 is 10.6 Å². The second-order valence-corrected chi connectivity index (χ2v) is 5.86. The minimum absolute atomic E-state index is 0.192. The van der Waals surface area contributed by atoms with E-state index in [9.17, 15) is 0 Å². The summed E-state index contributed by atoms with van der Waals surface area (Å²) < 4.78 is 0. The van der Waals surface area contributed by atoms with Crippen molar-refractivity contribution >= 4 is 5.69 Å². The number of nitrogens with two attached hydrogens (primary N) is 1. The zero-order chi connectivity index (χ0) is 13.7. The molecule has 106 valence electrons. The van der Waals surface area contributed by atoms with Crippen LogP contribution in [0.1, 0.15) is 62.6 Å². The number of hydrogen-bond donors (Lipinski definition) is 1. The van der Waals surface area contributed by atoms with Crippen LogP contribution in [0.15, 0.2) is 18.2 Å². The van der Waals surface area contributed by atoms with Crippen molar-refractivity contribution in [3.05, 3.63) is 29.3 Å². The maximum absolute atomic E-state index is 6.41. The number of benzene rings is 1. The lowest BCUT2D eigenvalue weighted by Crippen LogP contribution is -2.31. The fourth-order valence-corrected chi connectivity index (χ4v) is 2.96. The number of anilines is 1. The van der Waals surface area contributed by atoms with Gasteiger partial charge in [0.25, 0.3) is 0 Å². The van der Waals surface area contributed by atoms with Crippen molar-refractivity contribution in [3.8, 4) is 0 Å². The first-order valence-corrected chi connectivity index (χ1v) is 7.83. The van der Waals surface area contributed by atoms with E-state index in [-0.39, 0.29) is 6.04 Å². The Morgan fingerprint density at radius 2 is 1.95 bits per heavy atom. The van der Waals surface area contributed by atoms with E-state index in [4.69, 9.17) is 5.73 Å². The van der Waals surface area contributed by atoms with Crippen molar-refractivity contribution in [2.75, 3.05) is 18.0 Å². The molecule has 2 rings (SSSR count). The summed E-state index contributed by atoms with van der Waals surface area (Å²) in [7, 11) is 0. The Balaban J connectivity index is 2.21. The largest absolute Gasteiger partial charge is 0.371 e. The van der Waals surface area contributed by atoms with Gasteiger partial charge in [0.15, 0.2) is 0 Å². The van der Waals surface area contributed by atoms with Gasteiger partial charge in [-0.2, -0.15) is 0 Å². The number of nitrogens with zero attached hydrogens (tertiary/aromatic N) is 1. The third-order valence-electron chi connectivity index (χ3n) is 4.15. The third-order valence-corrected chi connectivity index (χ3v) is 4.15. The van der Waals surface area contributed by atoms with Gasteiger partial charge in [-0.15, -0.1) is 0 Å². The number of piperidine rings is 1. The van der Waals surface area contributed by atoms with Gasteiger partial charge in [0.2, 0.25) is 0 Å². The van der Waals surface area contributed by atoms with E-state index in [1.807, 2.05) is 0 Å². The molecule has 0 bridgehead atoms. The van der Waals surface area contributed by atoms with Crippen LogP contribution in [0.25, 0.3) is 0 Å². The minimum atomic E-state index is 0.192. The lowest BCUT2D eigenvalue weighted by molar-refractivity contribution is 0.565. The summed E-state index contributed by atoms with van der Waals surface area (Å²) >= 11 is 0.